The van der Waals surface area contributed by atoms with Crippen LogP contribution < -0.4 is 0 Å². The Hall–Kier alpha value is -7.76. The Morgan fingerprint density at radius 2 is 0.825 bits per heavy atom. The molecule has 0 aliphatic heterocycles. The summed E-state index contributed by atoms with van der Waals surface area (Å²) in [6, 6.07) is 66.8. The molecular formula is C52H32N4O. The third kappa shape index (κ3) is 5.81. The zero-order chi connectivity index (χ0) is 37.7. The first-order chi connectivity index (χ1) is 28.2. The first-order valence-electron chi connectivity index (χ1n) is 19.0. The Balaban J connectivity index is 1.09. The van der Waals surface area contributed by atoms with Gasteiger partial charge in [0, 0.05) is 33.0 Å². The summed E-state index contributed by atoms with van der Waals surface area (Å²) in [7, 11) is 0. The number of furan rings is 1. The van der Waals surface area contributed by atoms with Crippen molar-refractivity contribution in [2.24, 2.45) is 0 Å². The van der Waals surface area contributed by atoms with Crippen molar-refractivity contribution in [3.05, 3.63) is 194 Å². The van der Waals surface area contributed by atoms with Gasteiger partial charge in [-0.05, 0) is 57.3 Å². The summed E-state index contributed by atoms with van der Waals surface area (Å²) in [5, 5.41) is 5.22. The molecule has 57 heavy (non-hydrogen) atoms. The number of aromatic nitrogens is 4. The van der Waals surface area contributed by atoms with E-state index in [1.165, 1.54) is 5.39 Å². The van der Waals surface area contributed by atoms with Crippen molar-refractivity contribution in [2.45, 2.75) is 0 Å². The molecule has 0 aliphatic carbocycles. The molecule has 0 fully saturated rings. The van der Waals surface area contributed by atoms with Gasteiger partial charge in [0.2, 0.25) is 0 Å². The maximum absolute atomic E-state index is 6.72. The third-order valence-corrected chi connectivity index (χ3v) is 10.7. The molecule has 0 unspecified atom stereocenters. The largest absolute Gasteiger partial charge is 0.455 e. The fourth-order valence-electron chi connectivity index (χ4n) is 7.88. The van der Waals surface area contributed by atoms with Crippen LogP contribution in [0.4, 0.5) is 0 Å². The third-order valence-electron chi connectivity index (χ3n) is 10.7. The monoisotopic (exact) mass is 728 g/mol. The second-order valence-corrected chi connectivity index (χ2v) is 14.2. The van der Waals surface area contributed by atoms with Crippen LogP contribution in [0.5, 0.6) is 0 Å². The lowest BCUT2D eigenvalue weighted by Crippen LogP contribution is -2.00. The van der Waals surface area contributed by atoms with Gasteiger partial charge in [-0.1, -0.05) is 170 Å². The van der Waals surface area contributed by atoms with E-state index >= 15 is 0 Å². The van der Waals surface area contributed by atoms with Crippen LogP contribution in [-0.4, -0.2) is 19.9 Å². The van der Waals surface area contributed by atoms with E-state index in [0.29, 0.717) is 17.5 Å². The first kappa shape index (κ1) is 32.7. The summed E-state index contributed by atoms with van der Waals surface area (Å²) in [5.41, 5.74) is 11.6. The molecule has 266 valence electrons. The quantitative estimate of drug-likeness (QED) is 0.171. The Bertz CT molecular complexity index is 3160. The number of fused-ring (bicyclic) bond motifs is 6. The van der Waals surface area contributed by atoms with Crippen LogP contribution in [0.3, 0.4) is 0 Å². The van der Waals surface area contributed by atoms with Gasteiger partial charge < -0.3 is 4.42 Å². The Labute approximate surface area is 328 Å². The predicted molar refractivity (Wildman–Crippen MR) is 233 cm³/mol. The van der Waals surface area contributed by atoms with Gasteiger partial charge in [0.25, 0.3) is 0 Å². The molecule has 11 aromatic rings. The molecule has 0 atom stereocenters. The number of hydrogen-bond acceptors (Lipinski definition) is 5. The van der Waals surface area contributed by atoms with Crippen molar-refractivity contribution in [3.63, 3.8) is 0 Å². The van der Waals surface area contributed by atoms with Gasteiger partial charge >= 0.3 is 0 Å². The highest BCUT2D eigenvalue weighted by Crippen LogP contribution is 2.42. The van der Waals surface area contributed by atoms with E-state index < -0.39 is 0 Å². The summed E-state index contributed by atoms with van der Waals surface area (Å²) in [6.45, 7) is 0. The van der Waals surface area contributed by atoms with E-state index in [1.54, 1.807) is 0 Å². The summed E-state index contributed by atoms with van der Waals surface area (Å²) >= 11 is 0. The van der Waals surface area contributed by atoms with E-state index in [0.717, 1.165) is 88.4 Å². The lowest BCUT2D eigenvalue weighted by molar-refractivity contribution is 0.672. The maximum atomic E-state index is 6.72. The first-order valence-corrected chi connectivity index (χ1v) is 19.0. The molecule has 5 nitrogen and oxygen atoms in total. The van der Waals surface area contributed by atoms with Crippen LogP contribution in [0.25, 0.3) is 111 Å². The molecule has 0 radical (unpaired) electrons. The minimum atomic E-state index is 0.568. The second-order valence-electron chi connectivity index (χ2n) is 14.2. The summed E-state index contributed by atoms with van der Waals surface area (Å²) in [4.78, 5) is 20.7. The minimum absolute atomic E-state index is 0.568. The van der Waals surface area contributed by atoms with Crippen molar-refractivity contribution in [3.8, 4) is 67.7 Å². The smallest absolute Gasteiger partial charge is 0.164 e. The number of pyridine rings is 1. The normalized spacial score (nSPS) is 11.5. The summed E-state index contributed by atoms with van der Waals surface area (Å²) in [5.74, 6) is 1.76. The molecule has 11 rings (SSSR count). The SMILES string of the molecule is c1ccc(-c2ccc(-c3nc(-c4ccc(-c5ccccc5)cc4)nc(-c4ccc5nc(-c6cccc7ccccc67)c6c7ccccc7oc6c5c4)n3)cc2)cc1. The fourth-order valence-corrected chi connectivity index (χ4v) is 7.88. The van der Waals surface area contributed by atoms with Crippen molar-refractivity contribution in [1.29, 1.82) is 0 Å². The molecule has 3 heterocycles. The van der Waals surface area contributed by atoms with Crippen LogP contribution >= 0.6 is 0 Å². The Kier molecular flexibility index (Phi) is 7.74. The highest BCUT2D eigenvalue weighted by Gasteiger charge is 2.21. The Morgan fingerprint density at radius 3 is 1.47 bits per heavy atom. The zero-order valence-corrected chi connectivity index (χ0v) is 30.7. The lowest BCUT2D eigenvalue weighted by Gasteiger charge is -2.12. The average Bonchev–Trinajstić information content (AvgIpc) is 3.69. The molecular weight excluding hydrogens is 697 g/mol. The predicted octanol–water partition coefficient (Wildman–Crippen LogP) is 13.5. The number of rotatable bonds is 6. The van der Waals surface area contributed by atoms with Gasteiger partial charge in [0.1, 0.15) is 11.2 Å². The molecule has 0 N–H and O–H groups in total. The van der Waals surface area contributed by atoms with E-state index in [2.05, 4.69) is 170 Å². The highest BCUT2D eigenvalue weighted by molar-refractivity contribution is 6.21. The minimum Gasteiger partial charge on any atom is -0.455 e. The molecule has 5 heteroatoms. The Morgan fingerprint density at radius 1 is 0.333 bits per heavy atom. The molecule has 0 aliphatic rings. The zero-order valence-electron chi connectivity index (χ0n) is 30.7. The highest BCUT2D eigenvalue weighted by atomic mass is 16.3. The van der Waals surface area contributed by atoms with Gasteiger partial charge in [-0.2, -0.15) is 0 Å². The number of nitrogens with zero attached hydrogens (tertiary/aromatic N) is 4. The summed E-state index contributed by atoms with van der Waals surface area (Å²) in [6.07, 6.45) is 0. The van der Waals surface area contributed by atoms with Crippen molar-refractivity contribution < 1.29 is 4.42 Å². The summed E-state index contributed by atoms with van der Waals surface area (Å²) < 4.78 is 6.72. The fraction of sp³-hybridized carbons (Fsp3) is 0. The van der Waals surface area contributed by atoms with Crippen LogP contribution in [0.15, 0.2) is 199 Å². The molecule has 0 bridgehead atoms. The molecule has 0 saturated carbocycles. The number of para-hydroxylation sites is 1. The van der Waals surface area contributed by atoms with E-state index in [1.807, 2.05) is 24.3 Å². The van der Waals surface area contributed by atoms with Gasteiger partial charge in [-0.3, -0.25) is 0 Å². The molecule has 3 aromatic heterocycles. The molecule has 0 spiro atoms. The van der Waals surface area contributed by atoms with Crippen molar-refractivity contribution in [2.75, 3.05) is 0 Å². The van der Waals surface area contributed by atoms with E-state index in [9.17, 15) is 0 Å². The van der Waals surface area contributed by atoms with Gasteiger partial charge in [0.15, 0.2) is 17.5 Å². The molecule has 0 saturated heterocycles. The van der Waals surface area contributed by atoms with Crippen LogP contribution in [0.1, 0.15) is 0 Å². The van der Waals surface area contributed by atoms with Crippen LogP contribution in [-0.2, 0) is 0 Å². The van der Waals surface area contributed by atoms with E-state index in [-0.39, 0.29) is 0 Å². The maximum Gasteiger partial charge on any atom is 0.164 e. The standard InChI is InChI=1S/C52H32N4O/c1-3-12-33(13-4-1)35-22-26-38(27-23-35)50-54-51(39-28-24-36(25-29-39)34-14-5-2-6-15-34)56-52(55-50)40-30-31-45-44(32-40)49-47(43-19-9-10-21-46(43)57-49)48(53-45)42-20-11-17-37-16-7-8-18-41(37)42/h1-32H. The van der Waals surface area contributed by atoms with Crippen molar-refractivity contribution >= 4 is 43.6 Å². The number of benzene rings is 8. The van der Waals surface area contributed by atoms with Gasteiger partial charge in [-0.25, -0.2) is 19.9 Å². The lowest BCUT2D eigenvalue weighted by atomic mass is 9.97. The van der Waals surface area contributed by atoms with Crippen LogP contribution in [0.2, 0.25) is 0 Å². The number of hydrogen-bond donors (Lipinski definition) is 0. The van der Waals surface area contributed by atoms with E-state index in [4.69, 9.17) is 24.4 Å². The van der Waals surface area contributed by atoms with Crippen LogP contribution in [0, 0.1) is 0 Å². The second kappa shape index (κ2) is 13.5. The average molecular weight is 729 g/mol. The van der Waals surface area contributed by atoms with Crippen molar-refractivity contribution in [1.82, 2.24) is 19.9 Å². The molecule has 8 aromatic carbocycles. The molecule has 0 amide bonds. The van der Waals surface area contributed by atoms with Gasteiger partial charge in [-0.15, -0.1) is 0 Å². The topological polar surface area (TPSA) is 64.7 Å². The van der Waals surface area contributed by atoms with Gasteiger partial charge in [0.05, 0.1) is 16.6 Å².